The second-order valence-corrected chi connectivity index (χ2v) is 6.15. The fourth-order valence-corrected chi connectivity index (χ4v) is 3.11. The van der Waals surface area contributed by atoms with Crippen molar-refractivity contribution in [1.82, 2.24) is 24.6 Å². The summed E-state index contributed by atoms with van der Waals surface area (Å²) in [4.78, 5) is 19.9. The Balaban J connectivity index is 1.60. The molecule has 0 atom stereocenters. The smallest absolute Gasteiger partial charge is 0.238 e. The van der Waals surface area contributed by atoms with Crippen molar-refractivity contribution in [3.8, 4) is 11.4 Å². The Morgan fingerprint density at radius 2 is 1.92 bits per heavy atom. The lowest BCUT2D eigenvalue weighted by molar-refractivity contribution is 0.0855. The summed E-state index contributed by atoms with van der Waals surface area (Å²) < 4.78 is 1.27. The topological polar surface area (TPSA) is 109 Å². The average molecular weight is 339 g/mol. The third-order valence-corrected chi connectivity index (χ3v) is 4.43. The van der Waals surface area contributed by atoms with Crippen LogP contribution in [-0.2, 0) is 0 Å². The summed E-state index contributed by atoms with van der Waals surface area (Å²) in [5, 5.41) is 8.38. The molecule has 0 unspecified atom stereocenters. The van der Waals surface area contributed by atoms with Crippen molar-refractivity contribution in [1.29, 1.82) is 5.41 Å². The van der Waals surface area contributed by atoms with Gasteiger partial charge in [0.25, 0.3) is 0 Å². The molecule has 1 fully saturated rings. The van der Waals surface area contributed by atoms with E-state index in [0.29, 0.717) is 23.6 Å². The maximum Gasteiger partial charge on any atom is 0.238 e. The van der Waals surface area contributed by atoms with Crippen molar-refractivity contribution in [3.63, 3.8) is 0 Å². The molecule has 3 heterocycles. The minimum absolute atomic E-state index is 0.124. The third-order valence-electron chi connectivity index (χ3n) is 4.43. The highest BCUT2D eigenvalue weighted by atomic mass is 16.7. The van der Waals surface area contributed by atoms with Gasteiger partial charge in [0.05, 0.1) is 0 Å². The number of imidazole rings is 1. The first-order valence-electron chi connectivity index (χ1n) is 8.46. The molecule has 1 aromatic carbocycles. The van der Waals surface area contributed by atoms with Crippen molar-refractivity contribution >= 4 is 17.1 Å². The van der Waals surface area contributed by atoms with E-state index in [1.807, 2.05) is 30.3 Å². The number of hydrogen-bond donors (Lipinski definition) is 3. The summed E-state index contributed by atoms with van der Waals surface area (Å²) in [6.45, 7) is 3.50. The summed E-state index contributed by atoms with van der Waals surface area (Å²) in [5.41, 5.74) is 7.95. The van der Waals surface area contributed by atoms with Gasteiger partial charge < -0.3 is 15.6 Å². The molecule has 8 heteroatoms. The molecule has 1 aliphatic rings. The van der Waals surface area contributed by atoms with E-state index in [2.05, 4.69) is 19.9 Å². The highest BCUT2D eigenvalue weighted by Crippen LogP contribution is 2.17. The Bertz CT molecular complexity index is 925. The highest BCUT2D eigenvalue weighted by molar-refractivity contribution is 5.75. The number of benzene rings is 1. The molecule has 4 N–H and O–H groups in total. The molecule has 4 rings (SSSR count). The molecular weight excluding hydrogens is 318 g/mol. The number of anilines is 1. The monoisotopic (exact) mass is 339 g/mol. The van der Waals surface area contributed by atoms with Gasteiger partial charge in [0.1, 0.15) is 17.9 Å². The third kappa shape index (κ3) is 3.08. The first-order chi connectivity index (χ1) is 12.2. The maximum atomic E-state index is 8.38. The molecule has 0 radical (unpaired) electrons. The van der Waals surface area contributed by atoms with E-state index in [1.165, 1.54) is 17.6 Å². The fraction of sp³-hybridized carbons (Fsp3) is 0.353. The second kappa shape index (κ2) is 6.56. The zero-order valence-electron chi connectivity index (χ0n) is 13.9. The summed E-state index contributed by atoms with van der Waals surface area (Å²) in [6, 6.07) is 9.72. The molecule has 3 aromatic rings. The predicted octanol–water partition coefficient (Wildman–Crippen LogP) is 1.01. The normalized spacial score (nSPS) is 15.0. The van der Waals surface area contributed by atoms with Crippen LogP contribution in [0.25, 0.3) is 22.6 Å². The van der Waals surface area contributed by atoms with Crippen molar-refractivity contribution < 1.29 is 4.84 Å². The molecule has 1 aliphatic heterocycles. The molecule has 0 bridgehead atoms. The molecule has 0 aliphatic carbocycles. The maximum absolute atomic E-state index is 8.38. The molecule has 130 valence electrons. The minimum atomic E-state index is 0.124. The van der Waals surface area contributed by atoms with Crippen LogP contribution in [0.5, 0.6) is 0 Å². The molecule has 0 amide bonds. The first-order valence-corrected chi connectivity index (χ1v) is 8.46. The van der Waals surface area contributed by atoms with Crippen LogP contribution >= 0.6 is 0 Å². The van der Waals surface area contributed by atoms with E-state index in [1.54, 1.807) is 0 Å². The van der Waals surface area contributed by atoms with Crippen LogP contribution in [0.2, 0.25) is 0 Å². The summed E-state index contributed by atoms with van der Waals surface area (Å²) in [7, 11) is 0. The molecule has 0 saturated carbocycles. The van der Waals surface area contributed by atoms with E-state index in [0.717, 1.165) is 25.2 Å². The predicted molar refractivity (Wildman–Crippen MR) is 94.7 cm³/mol. The van der Waals surface area contributed by atoms with Gasteiger partial charge in [-0.2, -0.15) is 4.98 Å². The summed E-state index contributed by atoms with van der Waals surface area (Å²) in [5.74, 6) is 0.788. The number of aromatic nitrogens is 4. The van der Waals surface area contributed by atoms with E-state index in [9.17, 15) is 0 Å². The largest absolute Gasteiger partial charge is 0.407 e. The van der Waals surface area contributed by atoms with Gasteiger partial charge in [-0.1, -0.05) is 30.3 Å². The van der Waals surface area contributed by atoms with Crippen LogP contribution < -0.4 is 16.1 Å². The number of nitrogens with one attached hydrogen (secondary N) is 2. The number of nitrogens with two attached hydrogens (primary N) is 1. The van der Waals surface area contributed by atoms with Crippen LogP contribution in [0, 0.1) is 5.41 Å². The lowest BCUT2D eigenvalue weighted by atomic mass is 10.2. The van der Waals surface area contributed by atoms with Crippen LogP contribution in [0.15, 0.2) is 30.3 Å². The van der Waals surface area contributed by atoms with Gasteiger partial charge in [-0.05, 0) is 25.9 Å². The Labute approximate surface area is 144 Å². The lowest BCUT2D eigenvalue weighted by Crippen LogP contribution is -2.35. The SMILES string of the molecule is N=c1c2[nH]c(-c3ccccc3)nc2nc(N)n1OCCN1CCCC1. The average Bonchev–Trinajstić information content (AvgIpc) is 3.28. The number of likely N-dealkylation sites (tertiary alicyclic amines) is 1. The van der Waals surface area contributed by atoms with Gasteiger partial charge in [-0.25, -0.2) is 4.98 Å². The molecule has 25 heavy (non-hydrogen) atoms. The van der Waals surface area contributed by atoms with Crippen LogP contribution in [-0.4, -0.2) is 50.8 Å². The second-order valence-electron chi connectivity index (χ2n) is 6.15. The number of nitrogens with zero attached hydrogens (tertiary/aromatic N) is 4. The van der Waals surface area contributed by atoms with Gasteiger partial charge in [0, 0.05) is 12.1 Å². The Morgan fingerprint density at radius 1 is 1.16 bits per heavy atom. The molecule has 8 nitrogen and oxygen atoms in total. The number of fused-ring (bicyclic) bond motifs is 1. The fourth-order valence-electron chi connectivity index (χ4n) is 3.11. The number of nitrogen functional groups attached to an aromatic ring is 1. The zero-order chi connectivity index (χ0) is 17.2. The van der Waals surface area contributed by atoms with Crippen molar-refractivity contribution in [3.05, 3.63) is 35.8 Å². The number of H-pyrrole nitrogens is 1. The quantitative estimate of drug-likeness (QED) is 0.643. The first kappa shape index (κ1) is 15.6. The van der Waals surface area contributed by atoms with Crippen LogP contribution in [0.1, 0.15) is 12.8 Å². The highest BCUT2D eigenvalue weighted by Gasteiger charge is 2.14. The van der Waals surface area contributed by atoms with Gasteiger partial charge in [0.15, 0.2) is 11.1 Å². The minimum Gasteiger partial charge on any atom is -0.407 e. The van der Waals surface area contributed by atoms with Gasteiger partial charge in [-0.3, -0.25) is 10.3 Å². The van der Waals surface area contributed by atoms with E-state index >= 15 is 0 Å². The standard InChI is InChI=1S/C17H21N7O/c18-14-13-16(21-15(20-13)12-6-2-1-3-7-12)22-17(19)24(14)25-11-10-23-8-4-5-9-23/h1-3,6-7,18H,4-5,8-11H2,(H2,19,22)(H,20,21). The van der Waals surface area contributed by atoms with Crippen molar-refractivity contribution in [2.75, 3.05) is 32.0 Å². The van der Waals surface area contributed by atoms with Gasteiger partial charge in [-0.15, -0.1) is 4.73 Å². The van der Waals surface area contributed by atoms with Gasteiger partial charge >= 0.3 is 0 Å². The van der Waals surface area contributed by atoms with Gasteiger partial charge in [0.2, 0.25) is 5.95 Å². The number of hydrogen-bond acceptors (Lipinski definition) is 6. The summed E-state index contributed by atoms with van der Waals surface area (Å²) >= 11 is 0. The van der Waals surface area contributed by atoms with Crippen LogP contribution in [0.3, 0.4) is 0 Å². The van der Waals surface area contributed by atoms with E-state index < -0.39 is 0 Å². The summed E-state index contributed by atoms with van der Waals surface area (Å²) in [6.07, 6.45) is 2.48. The van der Waals surface area contributed by atoms with Crippen LogP contribution in [0.4, 0.5) is 5.95 Å². The lowest BCUT2D eigenvalue weighted by Gasteiger charge is -2.16. The Hall–Kier alpha value is -2.87. The van der Waals surface area contributed by atoms with Crippen molar-refractivity contribution in [2.45, 2.75) is 12.8 Å². The molecule has 0 spiro atoms. The zero-order valence-corrected chi connectivity index (χ0v) is 13.9. The number of aromatic amines is 1. The molecular formula is C17H21N7O. The molecule has 2 aromatic heterocycles. The Kier molecular flexibility index (Phi) is 4.10. The van der Waals surface area contributed by atoms with E-state index in [4.69, 9.17) is 16.0 Å². The number of rotatable bonds is 5. The van der Waals surface area contributed by atoms with E-state index in [-0.39, 0.29) is 11.4 Å². The molecule has 1 saturated heterocycles. The van der Waals surface area contributed by atoms with Crippen molar-refractivity contribution in [2.24, 2.45) is 0 Å². The Morgan fingerprint density at radius 3 is 2.68 bits per heavy atom.